The molecule has 3 N–H and O–H groups in total. The summed E-state index contributed by atoms with van der Waals surface area (Å²) in [5.74, 6) is -0.253. The molecule has 2 fully saturated rings. The average molecular weight is 648 g/mol. The summed E-state index contributed by atoms with van der Waals surface area (Å²) in [6.45, 7) is 19.9. The molecule has 2 rings (SSSR count). The Hall–Kier alpha value is -3.90. The Bertz CT molecular complexity index is 1050. The van der Waals surface area contributed by atoms with Crippen molar-refractivity contribution < 1.29 is 38.2 Å². The molecule has 0 aliphatic heterocycles. The molecule has 0 aromatic carbocycles. The predicted octanol–water partition coefficient (Wildman–Crippen LogP) is 4.69. The number of nitrogens with zero attached hydrogens (tertiary/aromatic N) is 2. The molecule has 0 aromatic heterocycles. The maximum atomic E-state index is 12.5. The third-order valence-corrected chi connectivity index (χ3v) is 8.77. The predicted molar refractivity (Wildman–Crippen MR) is 172 cm³/mol. The van der Waals surface area contributed by atoms with Gasteiger partial charge < -0.3 is 25.4 Å². The standard InChI is InChI=1S/C33H53N5O8/c1-9-37(22-39)26(41)13-24-14-30(3,4)18-32(7,15-24)20-34-28(43)45-11-12-46-29(44)35-21-33(8)17-25(16-31(5,6)19-33)36-27(42)38(10-2)23-40/h9-10,22-25H,1-2,11-21H2,3-8H3,(H,34,43)(H,35,44)(H,36,42). The van der Waals surface area contributed by atoms with E-state index in [1.807, 2.05) is 6.92 Å². The lowest BCUT2D eigenvalue weighted by molar-refractivity contribution is -0.136. The number of rotatable bonds is 14. The Kier molecular flexibility index (Phi) is 13.4. The molecule has 0 aromatic rings. The highest BCUT2D eigenvalue weighted by Gasteiger charge is 2.43. The molecule has 2 saturated carbocycles. The van der Waals surface area contributed by atoms with Gasteiger partial charge in [0.25, 0.3) is 0 Å². The van der Waals surface area contributed by atoms with Crippen molar-refractivity contribution in [2.24, 2.45) is 27.6 Å². The van der Waals surface area contributed by atoms with E-state index in [4.69, 9.17) is 9.47 Å². The number of imide groups is 2. The molecule has 258 valence electrons. The van der Waals surface area contributed by atoms with E-state index in [1.165, 1.54) is 6.20 Å². The van der Waals surface area contributed by atoms with Gasteiger partial charge in [-0.2, -0.15) is 0 Å². The highest BCUT2D eigenvalue weighted by atomic mass is 16.6. The summed E-state index contributed by atoms with van der Waals surface area (Å²) < 4.78 is 10.4. The van der Waals surface area contributed by atoms with Crippen molar-refractivity contribution in [2.45, 2.75) is 92.5 Å². The fourth-order valence-corrected chi connectivity index (χ4v) is 7.92. The van der Waals surface area contributed by atoms with Gasteiger partial charge in [0, 0.05) is 38.0 Å². The average Bonchev–Trinajstić information content (AvgIpc) is 2.92. The summed E-state index contributed by atoms with van der Waals surface area (Å²) >= 11 is 0. The first-order valence-electron chi connectivity index (χ1n) is 15.7. The lowest BCUT2D eigenvalue weighted by Crippen LogP contribution is -2.52. The Balaban J connectivity index is 1.77. The van der Waals surface area contributed by atoms with Crippen molar-refractivity contribution in [3.05, 3.63) is 25.6 Å². The molecule has 0 saturated heterocycles. The molecule has 2 aliphatic rings. The molecule has 7 amide bonds. The summed E-state index contributed by atoms with van der Waals surface area (Å²) in [6, 6.07) is -0.746. The molecule has 46 heavy (non-hydrogen) atoms. The molecule has 0 spiro atoms. The zero-order valence-corrected chi connectivity index (χ0v) is 28.3. The molecule has 13 nitrogen and oxygen atoms in total. The summed E-state index contributed by atoms with van der Waals surface area (Å²) in [7, 11) is 0. The van der Waals surface area contributed by atoms with E-state index in [9.17, 15) is 28.8 Å². The molecule has 2 aliphatic carbocycles. The number of hydrogen-bond donors (Lipinski definition) is 3. The van der Waals surface area contributed by atoms with E-state index >= 15 is 0 Å². The lowest BCUT2D eigenvalue weighted by atomic mass is 9.60. The van der Waals surface area contributed by atoms with Crippen molar-refractivity contribution in [3.63, 3.8) is 0 Å². The van der Waals surface area contributed by atoms with E-state index in [0.29, 0.717) is 38.8 Å². The first-order chi connectivity index (χ1) is 21.4. The van der Waals surface area contributed by atoms with Crippen LogP contribution in [-0.2, 0) is 23.9 Å². The molecular formula is C33H53N5O8. The number of alkyl carbamates (subject to hydrolysis) is 2. The minimum atomic E-state index is -0.643. The zero-order valence-electron chi connectivity index (χ0n) is 28.3. The topological polar surface area (TPSA) is 163 Å². The molecular weight excluding hydrogens is 594 g/mol. The maximum absolute atomic E-state index is 12.5. The molecule has 4 unspecified atom stereocenters. The maximum Gasteiger partial charge on any atom is 0.407 e. The van der Waals surface area contributed by atoms with Gasteiger partial charge in [-0.25, -0.2) is 19.3 Å². The van der Waals surface area contributed by atoms with Crippen LogP contribution in [0.15, 0.2) is 25.6 Å². The van der Waals surface area contributed by atoms with E-state index < -0.39 is 18.2 Å². The Morgan fingerprint density at radius 1 is 0.739 bits per heavy atom. The largest absolute Gasteiger partial charge is 0.446 e. The second-order valence-electron chi connectivity index (χ2n) is 15.1. The quantitative estimate of drug-likeness (QED) is 0.181. The summed E-state index contributed by atoms with van der Waals surface area (Å²) in [4.78, 5) is 73.7. The van der Waals surface area contributed by atoms with Crippen LogP contribution in [0.1, 0.15) is 86.5 Å². The number of carbonyl (C=O) groups excluding carboxylic acids is 6. The van der Waals surface area contributed by atoms with Crippen LogP contribution < -0.4 is 16.0 Å². The molecule has 0 radical (unpaired) electrons. The minimum absolute atomic E-state index is 0.0463. The van der Waals surface area contributed by atoms with Crippen LogP contribution in [0.25, 0.3) is 0 Å². The van der Waals surface area contributed by atoms with Gasteiger partial charge in [-0.15, -0.1) is 0 Å². The SMILES string of the molecule is C=CN(C=O)C(=O)CC1CC(C)(C)CC(C)(CNC(=O)OCCOC(=O)NCC2(C)CC(NC(=O)N(C=C)C=O)CC(C)(C)C2)C1. The third kappa shape index (κ3) is 12.1. The van der Waals surface area contributed by atoms with Gasteiger partial charge >= 0.3 is 18.2 Å². The van der Waals surface area contributed by atoms with E-state index in [2.05, 4.69) is 63.7 Å². The fraction of sp³-hybridized carbons (Fsp3) is 0.697. The van der Waals surface area contributed by atoms with Crippen LogP contribution in [0.4, 0.5) is 14.4 Å². The highest BCUT2D eigenvalue weighted by molar-refractivity contribution is 5.87. The van der Waals surface area contributed by atoms with Gasteiger partial charge in [-0.3, -0.25) is 19.3 Å². The first-order valence-corrected chi connectivity index (χ1v) is 15.7. The summed E-state index contributed by atoms with van der Waals surface area (Å²) in [5.41, 5.74) is -0.810. The van der Waals surface area contributed by atoms with Gasteiger partial charge in [0.1, 0.15) is 13.2 Å². The van der Waals surface area contributed by atoms with Crippen LogP contribution in [0, 0.1) is 27.6 Å². The number of urea groups is 1. The zero-order chi connectivity index (χ0) is 34.8. The van der Waals surface area contributed by atoms with Crippen LogP contribution in [-0.4, -0.2) is 79.1 Å². The highest BCUT2D eigenvalue weighted by Crippen LogP contribution is 2.49. The summed E-state index contributed by atoms with van der Waals surface area (Å²) in [5, 5.41) is 8.48. The van der Waals surface area contributed by atoms with E-state index in [0.717, 1.165) is 41.7 Å². The smallest absolute Gasteiger partial charge is 0.407 e. The van der Waals surface area contributed by atoms with Crippen molar-refractivity contribution in [1.82, 2.24) is 25.8 Å². The Labute approximate surface area is 272 Å². The van der Waals surface area contributed by atoms with Crippen LogP contribution in [0.2, 0.25) is 0 Å². The monoisotopic (exact) mass is 647 g/mol. The normalized spacial score (nSPS) is 26.3. The number of carbonyl (C=O) groups is 6. The molecule has 0 heterocycles. The first kappa shape index (κ1) is 38.3. The van der Waals surface area contributed by atoms with Gasteiger partial charge in [-0.1, -0.05) is 54.7 Å². The fourth-order valence-electron chi connectivity index (χ4n) is 7.92. The number of nitrogens with one attached hydrogen (secondary N) is 3. The Morgan fingerprint density at radius 2 is 1.22 bits per heavy atom. The van der Waals surface area contributed by atoms with Crippen molar-refractivity contribution in [3.8, 4) is 0 Å². The van der Waals surface area contributed by atoms with E-state index in [1.54, 1.807) is 0 Å². The van der Waals surface area contributed by atoms with Crippen LogP contribution in [0.3, 0.4) is 0 Å². The van der Waals surface area contributed by atoms with Crippen molar-refractivity contribution in [1.29, 1.82) is 0 Å². The van der Waals surface area contributed by atoms with Crippen molar-refractivity contribution >= 4 is 36.9 Å². The van der Waals surface area contributed by atoms with Crippen LogP contribution >= 0.6 is 0 Å². The number of hydrogen-bond acceptors (Lipinski definition) is 8. The van der Waals surface area contributed by atoms with Gasteiger partial charge in [0.15, 0.2) is 0 Å². The lowest BCUT2D eigenvalue weighted by Gasteiger charge is -2.47. The Morgan fingerprint density at radius 3 is 1.70 bits per heavy atom. The van der Waals surface area contributed by atoms with Crippen LogP contribution in [0.5, 0.6) is 0 Å². The molecule has 13 heteroatoms. The van der Waals surface area contributed by atoms with Crippen molar-refractivity contribution in [2.75, 3.05) is 26.3 Å². The van der Waals surface area contributed by atoms with Gasteiger partial charge in [-0.05, 0) is 66.1 Å². The number of amides is 7. The minimum Gasteiger partial charge on any atom is -0.446 e. The van der Waals surface area contributed by atoms with Gasteiger partial charge in [0.05, 0.1) is 0 Å². The summed E-state index contributed by atoms with van der Waals surface area (Å²) in [6.07, 6.45) is 6.63. The second kappa shape index (κ2) is 16.1. The van der Waals surface area contributed by atoms with E-state index in [-0.39, 0.29) is 59.2 Å². The molecule has 4 atom stereocenters. The molecule has 0 bridgehead atoms. The van der Waals surface area contributed by atoms with Gasteiger partial charge in [0.2, 0.25) is 18.7 Å². The number of ether oxygens (including phenoxy) is 2. The second-order valence-corrected chi connectivity index (χ2v) is 15.1. The third-order valence-electron chi connectivity index (χ3n) is 8.77.